The van der Waals surface area contributed by atoms with Crippen molar-refractivity contribution in [2.75, 3.05) is 27.9 Å². The molecule has 0 spiro atoms. The lowest BCUT2D eigenvalue weighted by Gasteiger charge is -2.16. The van der Waals surface area contributed by atoms with Crippen LogP contribution in [0.3, 0.4) is 0 Å². The van der Waals surface area contributed by atoms with E-state index in [1.54, 1.807) is 0 Å². The van der Waals surface area contributed by atoms with Gasteiger partial charge in [-0.1, -0.05) is 0 Å². The number of ether oxygens (including phenoxy) is 3. The highest BCUT2D eigenvalue weighted by Crippen LogP contribution is 2.39. The number of aliphatic hydroxyl groups excluding tert-OH is 1. The smallest absolute Gasteiger partial charge is 0.265 e. The summed E-state index contributed by atoms with van der Waals surface area (Å²) < 4.78 is 39.7. The quantitative estimate of drug-likeness (QED) is 0.788. The van der Waals surface area contributed by atoms with E-state index < -0.39 is 25.0 Å². The second-order valence-electron chi connectivity index (χ2n) is 3.99. The van der Waals surface area contributed by atoms with E-state index in [2.05, 4.69) is 5.32 Å². The molecule has 0 aliphatic carbocycles. The molecule has 0 saturated carbocycles. The third-order valence-electron chi connectivity index (χ3n) is 2.71. The summed E-state index contributed by atoms with van der Waals surface area (Å²) in [6.45, 7) is -0.575. The van der Waals surface area contributed by atoms with Crippen molar-refractivity contribution >= 4 is 5.91 Å². The Kier molecular flexibility index (Phi) is 6.16. The van der Waals surface area contributed by atoms with Crippen molar-refractivity contribution < 1.29 is 32.9 Å². The lowest BCUT2D eigenvalue weighted by atomic mass is 10.1. The van der Waals surface area contributed by atoms with Gasteiger partial charge >= 0.3 is 0 Å². The third-order valence-corrected chi connectivity index (χ3v) is 2.71. The molecule has 0 heterocycles. The fourth-order valence-corrected chi connectivity index (χ4v) is 1.66. The standard InChI is InChI=1S/C13H17F2NO5/c1-19-9-5-4-7(10(20-2)11(9)21-3)13(18)16-6-8(17)12(14)15/h4-5,8,12,17H,6H2,1-3H3,(H,16,18). The zero-order valence-corrected chi connectivity index (χ0v) is 11.9. The van der Waals surface area contributed by atoms with E-state index >= 15 is 0 Å². The fraction of sp³-hybridized carbons (Fsp3) is 0.462. The molecule has 0 fully saturated rings. The maximum absolute atomic E-state index is 12.2. The highest BCUT2D eigenvalue weighted by molar-refractivity contribution is 5.98. The summed E-state index contributed by atoms with van der Waals surface area (Å²) in [5.74, 6) is 0.00830. The lowest BCUT2D eigenvalue weighted by molar-refractivity contribution is -0.00271. The Morgan fingerprint density at radius 2 is 1.81 bits per heavy atom. The summed E-state index contributed by atoms with van der Waals surface area (Å²) >= 11 is 0. The average Bonchev–Trinajstić information content (AvgIpc) is 2.49. The second-order valence-corrected chi connectivity index (χ2v) is 3.99. The maximum atomic E-state index is 12.2. The van der Waals surface area contributed by atoms with Crippen LogP contribution in [0.2, 0.25) is 0 Å². The van der Waals surface area contributed by atoms with Crippen LogP contribution in [-0.4, -0.2) is 51.4 Å². The van der Waals surface area contributed by atoms with Crippen molar-refractivity contribution in [2.45, 2.75) is 12.5 Å². The number of nitrogens with one attached hydrogen (secondary N) is 1. The molecule has 21 heavy (non-hydrogen) atoms. The number of benzene rings is 1. The van der Waals surface area contributed by atoms with Crippen molar-refractivity contribution in [3.8, 4) is 17.2 Å². The normalized spacial score (nSPS) is 12.0. The molecular weight excluding hydrogens is 288 g/mol. The minimum Gasteiger partial charge on any atom is -0.493 e. The van der Waals surface area contributed by atoms with Crippen LogP contribution < -0.4 is 19.5 Å². The monoisotopic (exact) mass is 305 g/mol. The molecule has 8 heteroatoms. The van der Waals surface area contributed by atoms with Gasteiger partial charge in [-0.2, -0.15) is 0 Å². The van der Waals surface area contributed by atoms with Gasteiger partial charge in [-0.15, -0.1) is 0 Å². The molecule has 1 rings (SSSR count). The Labute approximate surface area is 120 Å². The Bertz CT molecular complexity index is 496. The van der Waals surface area contributed by atoms with E-state index in [9.17, 15) is 13.6 Å². The van der Waals surface area contributed by atoms with Gasteiger partial charge in [0.05, 0.1) is 26.9 Å². The molecule has 6 nitrogen and oxygen atoms in total. The van der Waals surface area contributed by atoms with Gasteiger partial charge in [-0.25, -0.2) is 8.78 Å². The third kappa shape index (κ3) is 3.94. The van der Waals surface area contributed by atoms with Gasteiger partial charge in [-0.05, 0) is 12.1 Å². The van der Waals surface area contributed by atoms with Gasteiger partial charge in [0.15, 0.2) is 11.5 Å². The summed E-state index contributed by atoms with van der Waals surface area (Å²) in [6, 6.07) is 2.89. The topological polar surface area (TPSA) is 77.0 Å². The molecule has 1 unspecified atom stereocenters. The highest BCUT2D eigenvalue weighted by atomic mass is 19.3. The summed E-state index contributed by atoms with van der Waals surface area (Å²) in [4.78, 5) is 12.0. The number of alkyl halides is 2. The minimum atomic E-state index is -2.93. The van der Waals surface area contributed by atoms with Crippen LogP contribution in [0.25, 0.3) is 0 Å². The molecule has 0 saturated heterocycles. The number of carbonyl (C=O) groups excluding carboxylic acids is 1. The van der Waals surface area contributed by atoms with Gasteiger partial charge in [0.2, 0.25) is 5.75 Å². The number of rotatable bonds is 7. The molecule has 0 aliphatic rings. The largest absolute Gasteiger partial charge is 0.493 e. The molecule has 118 valence electrons. The molecule has 1 aromatic carbocycles. The molecule has 1 atom stereocenters. The number of aliphatic hydroxyl groups is 1. The summed E-state index contributed by atoms with van der Waals surface area (Å²) in [5, 5.41) is 11.2. The molecule has 1 aromatic rings. The summed E-state index contributed by atoms with van der Waals surface area (Å²) in [5.41, 5.74) is 0.0802. The molecule has 2 N–H and O–H groups in total. The van der Waals surface area contributed by atoms with Gasteiger partial charge in [0.1, 0.15) is 6.10 Å². The SMILES string of the molecule is COc1ccc(C(=O)NCC(O)C(F)F)c(OC)c1OC. The molecule has 0 bridgehead atoms. The zero-order valence-electron chi connectivity index (χ0n) is 11.9. The van der Waals surface area contributed by atoms with E-state index in [0.717, 1.165) is 0 Å². The Balaban J connectivity index is 2.99. The van der Waals surface area contributed by atoms with Crippen molar-refractivity contribution in [1.29, 1.82) is 0 Å². The number of methoxy groups -OCH3 is 3. The minimum absolute atomic E-state index is 0.0802. The van der Waals surface area contributed by atoms with Crippen molar-refractivity contribution in [3.63, 3.8) is 0 Å². The first-order valence-electron chi connectivity index (χ1n) is 5.99. The summed E-state index contributed by atoms with van der Waals surface area (Å²) in [7, 11) is 4.14. The predicted octanol–water partition coefficient (Wildman–Crippen LogP) is 1.07. The van der Waals surface area contributed by atoms with Gasteiger partial charge in [0, 0.05) is 6.54 Å². The van der Waals surface area contributed by atoms with Crippen molar-refractivity contribution in [2.24, 2.45) is 0 Å². The molecule has 0 aromatic heterocycles. The Morgan fingerprint density at radius 1 is 1.19 bits per heavy atom. The van der Waals surface area contributed by atoms with Crippen LogP contribution in [0.1, 0.15) is 10.4 Å². The van der Waals surface area contributed by atoms with E-state index in [1.165, 1.54) is 33.5 Å². The number of hydrogen-bond donors (Lipinski definition) is 2. The first kappa shape index (κ1) is 17.0. The Morgan fingerprint density at radius 3 is 2.29 bits per heavy atom. The van der Waals surface area contributed by atoms with Gasteiger partial charge in [0.25, 0.3) is 12.3 Å². The van der Waals surface area contributed by atoms with Crippen LogP contribution in [0, 0.1) is 0 Å². The highest BCUT2D eigenvalue weighted by Gasteiger charge is 2.22. The van der Waals surface area contributed by atoms with Crippen LogP contribution in [0.4, 0.5) is 8.78 Å². The van der Waals surface area contributed by atoms with E-state index in [4.69, 9.17) is 19.3 Å². The number of hydrogen-bond acceptors (Lipinski definition) is 5. The predicted molar refractivity (Wildman–Crippen MR) is 70.4 cm³/mol. The molecule has 0 radical (unpaired) electrons. The molecule has 0 aliphatic heterocycles. The molecular formula is C13H17F2NO5. The maximum Gasteiger partial charge on any atom is 0.265 e. The van der Waals surface area contributed by atoms with Gasteiger partial charge in [-0.3, -0.25) is 4.79 Å². The van der Waals surface area contributed by atoms with Crippen LogP contribution >= 0.6 is 0 Å². The first-order valence-corrected chi connectivity index (χ1v) is 5.99. The Hall–Kier alpha value is -2.09. The van der Waals surface area contributed by atoms with E-state index in [0.29, 0.717) is 5.75 Å². The average molecular weight is 305 g/mol. The van der Waals surface area contributed by atoms with Crippen LogP contribution in [0.5, 0.6) is 17.2 Å². The number of amides is 1. The van der Waals surface area contributed by atoms with Crippen LogP contribution in [0.15, 0.2) is 12.1 Å². The van der Waals surface area contributed by atoms with Crippen molar-refractivity contribution in [3.05, 3.63) is 17.7 Å². The first-order chi connectivity index (χ1) is 9.96. The fourth-order valence-electron chi connectivity index (χ4n) is 1.66. The number of halogens is 2. The van der Waals surface area contributed by atoms with E-state index in [-0.39, 0.29) is 17.1 Å². The van der Waals surface area contributed by atoms with Gasteiger partial charge < -0.3 is 24.6 Å². The second kappa shape index (κ2) is 7.63. The van der Waals surface area contributed by atoms with E-state index in [1.807, 2.05) is 0 Å². The van der Waals surface area contributed by atoms with Crippen molar-refractivity contribution in [1.82, 2.24) is 5.32 Å². The molecule has 1 amide bonds. The number of carbonyl (C=O) groups is 1. The van der Waals surface area contributed by atoms with Crippen LogP contribution in [-0.2, 0) is 0 Å². The summed E-state index contributed by atoms with van der Waals surface area (Å²) in [6.07, 6.45) is -4.86. The lowest BCUT2D eigenvalue weighted by Crippen LogP contribution is -2.36. The zero-order chi connectivity index (χ0) is 16.0.